The summed E-state index contributed by atoms with van der Waals surface area (Å²) in [5.74, 6) is -0.289. The number of ether oxygens (including phenoxy) is 1. The molecule has 1 rings (SSSR count). The molecule has 3 heteroatoms. The lowest BCUT2D eigenvalue weighted by atomic mass is 9.98. The molecule has 0 aromatic heterocycles. The molecule has 1 aromatic carbocycles. The Hall–Kier alpha value is -1.35. The number of benzene rings is 1. The summed E-state index contributed by atoms with van der Waals surface area (Å²) in [6.07, 6.45) is 3.99. The van der Waals surface area contributed by atoms with Gasteiger partial charge < -0.3 is 10.5 Å². The van der Waals surface area contributed by atoms with Crippen LogP contribution in [0.5, 0.6) is 0 Å². The Morgan fingerprint density at radius 1 is 1.41 bits per heavy atom. The van der Waals surface area contributed by atoms with Crippen molar-refractivity contribution in [2.45, 2.75) is 38.6 Å². The van der Waals surface area contributed by atoms with E-state index in [4.69, 9.17) is 10.5 Å². The molecule has 0 radical (unpaired) electrons. The van der Waals surface area contributed by atoms with Crippen molar-refractivity contribution in [3.05, 3.63) is 35.4 Å². The molecule has 0 aliphatic heterocycles. The van der Waals surface area contributed by atoms with Crippen LogP contribution < -0.4 is 5.73 Å². The smallest absolute Gasteiger partial charge is 0.338 e. The molecule has 0 spiro atoms. The molecule has 1 unspecified atom stereocenters. The van der Waals surface area contributed by atoms with Gasteiger partial charge in [-0.05, 0) is 24.5 Å². The van der Waals surface area contributed by atoms with E-state index < -0.39 is 0 Å². The number of carbonyl (C=O) groups is 1. The molecular formula is C14H21NO2. The molecule has 0 saturated heterocycles. The van der Waals surface area contributed by atoms with Crippen molar-refractivity contribution in [2.24, 2.45) is 5.73 Å². The van der Waals surface area contributed by atoms with Gasteiger partial charge in [0.1, 0.15) is 0 Å². The van der Waals surface area contributed by atoms with Crippen molar-refractivity contribution in [3.63, 3.8) is 0 Å². The van der Waals surface area contributed by atoms with Gasteiger partial charge in [-0.1, -0.05) is 38.0 Å². The Balaban J connectivity index is 2.73. The van der Waals surface area contributed by atoms with Crippen LogP contribution >= 0.6 is 0 Å². The minimum absolute atomic E-state index is 0.112. The van der Waals surface area contributed by atoms with Crippen LogP contribution in [-0.2, 0) is 11.2 Å². The Bertz CT molecular complexity index is 363. The number of hydrogen-bond acceptors (Lipinski definition) is 3. The summed E-state index contributed by atoms with van der Waals surface area (Å²) in [5, 5.41) is 0. The first-order valence-corrected chi connectivity index (χ1v) is 6.10. The SMILES string of the molecule is CCCCC(N)Cc1ccccc1C(=O)OC. The zero-order valence-corrected chi connectivity index (χ0v) is 10.6. The second-order valence-electron chi connectivity index (χ2n) is 4.26. The third-order valence-electron chi connectivity index (χ3n) is 2.83. The van der Waals surface area contributed by atoms with Crippen molar-refractivity contribution in [1.29, 1.82) is 0 Å². The Kier molecular flexibility index (Phi) is 5.70. The number of rotatable bonds is 6. The largest absolute Gasteiger partial charge is 0.465 e. The highest BCUT2D eigenvalue weighted by Gasteiger charge is 2.13. The number of carbonyl (C=O) groups excluding carboxylic acids is 1. The van der Waals surface area contributed by atoms with Crippen molar-refractivity contribution in [1.82, 2.24) is 0 Å². The minimum atomic E-state index is -0.289. The Labute approximate surface area is 103 Å². The highest BCUT2D eigenvalue weighted by atomic mass is 16.5. The van der Waals surface area contributed by atoms with Gasteiger partial charge in [-0.25, -0.2) is 4.79 Å². The number of esters is 1. The monoisotopic (exact) mass is 235 g/mol. The van der Waals surface area contributed by atoms with Crippen LogP contribution in [0.25, 0.3) is 0 Å². The molecule has 0 amide bonds. The summed E-state index contributed by atoms with van der Waals surface area (Å²) in [6.45, 7) is 2.15. The zero-order chi connectivity index (χ0) is 12.7. The van der Waals surface area contributed by atoms with Crippen LogP contribution in [0, 0.1) is 0 Å². The van der Waals surface area contributed by atoms with Crippen LogP contribution in [0.4, 0.5) is 0 Å². The van der Waals surface area contributed by atoms with Gasteiger partial charge in [0.2, 0.25) is 0 Å². The normalized spacial score (nSPS) is 12.2. The van der Waals surface area contributed by atoms with Crippen molar-refractivity contribution >= 4 is 5.97 Å². The highest BCUT2D eigenvalue weighted by molar-refractivity contribution is 5.90. The van der Waals surface area contributed by atoms with Gasteiger partial charge in [-0.2, -0.15) is 0 Å². The highest BCUT2D eigenvalue weighted by Crippen LogP contribution is 2.13. The van der Waals surface area contributed by atoms with E-state index in [1.165, 1.54) is 7.11 Å². The van der Waals surface area contributed by atoms with Gasteiger partial charge in [-0.3, -0.25) is 0 Å². The van der Waals surface area contributed by atoms with Gasteiger partial charge in [0.25, 0.3) is 0 Å². The fraction of sp³-hybridized carbons (Fsp3) is 0.500. The van der Waals surface area contributed by atoms with E-state index in [1.807, 2.05) is 18.2 Å². The molecule has 0 saturated carbocycles. The van der Waals surface area contributed by atoms with Gasteiger partial charge >= 0.3 is 5.97 Å². The molecule has 94 valence electrons. The number of nitrogens with two attached hydrogens (primary N) is 1. The third kappa shape index (κ3) is 4.19. The number of hydrogen-bond donors (Lipinski definition) is 1. The van der Waals surface area contributed by atoms with E-state index >= 15 is 0 Å². The van der Waals surface area contributed by atoms with E-state index in [1.54, 1.807) is 6.07 Å². The van der Waals surface area contributed by atoms with E-state index in [0.29, 0.717) is 5.56 Å². The molecule has 0 heterocycles. The third-order valence-corrected chi connectivity index (χ3v) is 2.83. The van der Waals surface area contributed by atoms with Gasteiger partial charge in [-0.15, -0.1) is 0 Å². The minimum Gasteiger partial charge on any atom is -0.465 e. The lowest BCUT2D eigenvalue weighted by Gasteiger charge is -2.13. The van der Waals surface area contributed by atoms with Gasteiger partial charge in [0.05, 0.1) is 12.7 Å². The first kappa shape index (κ1) is 13.7. The average molecular weight is 235 g/mol. The lowest BCUT2D eigenvalue weighted by molar-refractivity contribution is 0.0599. The summed E-state index contributed by atoms with van der Waals surface area (Å²) in [7, 11) is 1.40. The van der Waals surface area contributed by atoms with Gasteiger partial charge in [0, 0.05) is 6.04 Å². The maximum Gasteiger partial charge on any atom is 0.338 e. The summed E-state index contributed by atoms with van der Waals surface area (Å²) >= 11 is 0. The first-order valence-electron chi connectivity index (χ1n) is 6.10. The lowest BCUT2D eigenvalue weighted by Crippen LogP contribution is -2.23. The van der Waals surface area contributed by atoms with Crippen LogP contribution in [0.1, 0.15) is 42.1 Å². The van der Waals surface area contributed by atoms with Crippen molar-refractivity contribution < 1.29 is 9.53 Å². The standard InChI is InChI=1S/C14H21NO2/c1-3-4-8-12(15)10-11-7-5-6-9-13(11)14(16)17-2/h5-7,9,12H,3-4,8,10,15H2,1-2H3. The number of unbranched alkanes of at least 4 members (excludes halogenated alkanes) is 1. The second-order valence-corrected chi connectivity index (χ2v) is 4.26. The van der Waals surface area contributed by atoms with Gasteiger partial charge in [0.15, 0.2) is 0 Å². The maximum atomic E-state index is 11.6. The van der Waals surface area contributed by atoms with E-state index in [2.05, 4.69) is 6.92 Å². The van der Waals surface area contributed by atoms with Crippen molar-refractivity contribution in [2.75, 3.05) is 7.11 Å². The summed E-state index contributed by atoms with van der Waals surface area (Å²) < 4.78 is 4.76. The topological polar surface area (TPSA) is 52.3 Å². The molecule has 2 N–H and O–H groups in total. The average Bonchev–Trinajstić information content (AvgIpc) is 2.36. The van der Waals surface area contributed by atoms with E-state index in [0.717, 1.165) is 31.2 Å². The Morgan fingerprint density at radius 3 is 2.76 bits per heavy atom. The fourth-order valence-electron chi connectivity index (χ4n) is 1.86. The molecule has 1 aromatic rings. The quantitative estimate of drug-likeness (QED) is 0.771. The molecule has 1 atom stereocenters. The molecule has 0 bridgehead atoms. The van der Waals surface area contributed by atoms with Crippen LogP contribution in [-0.4, -0.2) is 19.1 Å². The van der Waals surface area contributed by atoms with Crippen molar-refractivity contribution in [3.8, 4) is 0 Å². The van der Waals surface area contributed by atoms with Crippen LogP contribution in [0.15, 0.2) is 24.3 Å². The molecule has 17 heavy (non-hydrogen) atoms. The van der Waals surface area contributed by atoms with E-state index in [-0.39, 0.29) is 12.0 Å². The molecule has 0 aliphatic carbocycles. The zero-order valence-electron chi connectivity index (χ0n) is 10.6. The molecule has 0 fully saturated rings. The summed E-state index contributed by atoms with van der Waals surface area (Å²) in [4.78, 5) is 11.6. The maximum absolute atomic E-state index is 11.6. The predicted octanol–water partition coefficient (Wildman–Crippen LogP) is 2.53. The fourth-order valence-corrected chi connectivity index (χ4v) is 1.86. The predicted molar refractivity (Wildman–Crippen MR) is 69.0 cm³/mol. The first-order chi connectivity index (χ1) is 8.19. The van der Waals surface area contributed by atoms with Crippen LogP contribution in [0.2, 0.25) is 0 Å². The number of methoxy groups -OCH3 is 1. The molecule has 0 aliphatic rings. The second kappa shape index (κ2) is 7.07. The van der Waals surface area contributed by atoms with Crippen LogP contribution in [0.3, 0.4) is 0 Å². The summed E-state index contributed by atoms with van der Waals surface area (Å²) in [6, 6.07) is 7.61. The Morgan fingerprint density at radius 2 is 2.12 bits per heavy atom. The summed E-state index contributed by atoms with van der Waals surface area (Å²) in [5.41, 5.74) is 7.65. The molecular weight excluding hydrogens is 214 g/mol. The molecule has 3 nitrogen and oxygen atoms in total. The van der Waals surface area contributed by atoms with E-state index in [9.17, 15) is 4.79 Å².